The fourth-order valence-electron chi connectivity index (χ4n) is 2.28. The lowest BCUT2D eigenvalue weighted by molar-refractivity contribution is 0.0941. The molecule has 0 bridgehead atoms. The number of nitrogens with zero attached hydrogens (tertiary/aromatic N) is 1. The summed E-state index contributed by atoms with van der Waals surface area (Å²) < 4.78 is 0. The van der Waals surface area contributed by atoms with Gasteiger partial charge in [0.1, 0.15) is 0 Å². The number of rotatable bonds is 4. The quantitative estimate of drug-likeness (QED) is 0.833. The Morgan fingerprint density at radius 3 is 2.83 bits per heavy atom. The number of carbonyl (C=O) groups is 1. The molecule has 1 aromatic heterocycles. The average Bonchev–Trinajstić information content (AvgIpc) is 2.83. The number of hydrogen-bond acceptors (Lipinski definition) is 4. The lowest BCUT2D eigenvalue weighted by atomic mass is 9.97. The normalized spacial score (nSPS) is 17.9. The Morgan fingerprint density at radius 2 is 2.28 bits per heavy atom. The SMILES string of the molecule is CCN1CCC(CNC(=O)c2cc(S)cs2)CC1. The van der Waals surface area contributed by atoms with E-state index in [-0.39, 0.29) is 5.91 Å². The molecular weight excluding hydrogens is 264 g/mol. The van der Waals surface area contributed by atoms with Gasteiger partial charge in [0.15, 0.2) is 0 Å². The minimum absolute atomic E-state index is 0.0400. The molecule has 0 unspecified atom stereocenters. The number of likely N-dealkylation sites (tertiary alicyclic amines) is 1. The number of carbonyl (C=O) groups excluding carboxylic acids is 1. The van der Waals surface area contributed by atoms with E-state index < -0.39 is 0 Å². The summed E-state index contributed by atoms with van der Waals surface area (Å²) in [5, 5.41) is 4.92. The molecule has 1 amide bonds. The van der Waals surface area contributed by atoms with Crippen molar-refractivity contribution >= 4 is 29.9 Å². The minimum atomic E-state index is 0.0400. The molecule has 2 rings (SSSR count). The van der Waals surface area contributed by atoms with Crippen molar-refractivity contribution < 1.29 is 4.79 Å². The van der Waals surface area contributed by atoms with Gasteiger partial charge in [-0.2, -0.15) is 0 Å². The highest BCUT2D eigenvalue weighted by Gasteiger charge is 2.19. The van der Waals surface area contributed by atoms with Gasteiger partial charge in [-0.15, -0.1) is 24.0 Å². The summed E-state index contributed by atoms with van der Waals surface area (Å²) in [4.78, 5) is 16.0. The predicted octanol–water partition coefficient (Wildman–Crippen LogP) is 2.50. The van der Waals surface area contributed by atoms with Crippen LogP contribution in [0, 0.1) is 5.92 Å². The molecule has 1 aromatic rings. The summed E-state index contributed by atoms with van der Waals surface area (Å²) in [5.41, 5.74) is 0. The Bertz CT molecular complexity index is 397. The maximum Gasteiger partial charge on any atom is 0.261 e. The molecule has 0 aromatic carbocycles. The van der Waals surface area contributed by atoms with Crippen molar-refractivity contribution in [3.8, 4) is 0 Å². The number of nitrogens with one attached hydrogen (secondary N) is 1. The zero-order valence-corrected chi connectivity index (χ0v) is 12.4. The molecule has 5 heteroatoms. The van der Waals surface area contributed by atoms with Crippen molar-refractivity contribution in [3.63, 3.8) is 0 Å². The van der Waals surface area contributed by atoms with Crippen LogP contribution >= 0.6 is 24.0 Å². The topological polar surface area (TPSA) is 32.3 Å². The number of thiol groups is 1. The van der Waals surface area contributed by atoms with Gasteiger partial charge in [-0.3, -0.25) is 4.79 Å². The molecule has 0 spiro atoms. The third-order valence-corrected chi connectivity index (χ3v) is 4.88. The molecule has 1 aliphatic rings. The Kier molecular flexibility index (Phi) is 5.09. The molecular formula is C13H20N2OS2. The van der Waals surface area contributed by atoms with E-state index >= 15 is 0 Å². The van der Waals surface area contributed by atoms with Crippen LogP contribution in [-0.4, -0.2) is 37.0 Å². The monoisotopic (exact) mass is 284 g/mol. The van der Waals surface area contributed by atoms with Gasteiger partial charge in [-0.1, -0.05) is 6.92 Å². The lowest BCUT2D eigenvalue weighted by Gasteiger charge is -2.30. The number of thiophene rings is 1. The second-order valence-corrected chi connectivity index (χ2v) is 6.18. The first-order valence-corrected chi connectivity index (χ1v) is 7.79. The molecule has 3 nitrogen and oxygen atoms in total. The fraction of sp³-hybridized carbons (Fsp3) is 0.615. The first kappa shape index (κ1) is 13.9. The summed E-state index contributed by atoms with van der Waals surface area (Å²) in [6, 6.07) is 1.82. The summed E-state index contributed by atoms with van der Waals surface area (Å²) >= 11 is 5.67. The van der Waals surface area contributed by atoms with Crippen molar-refractivity contribution in [3.05, 3.63) is 16.3 Å². The summed E-state index contributed by atoms with van der Waals surface area (Å²) in [5.74, 6) is 0.672. The first-order chi connectivity index (χ1) is 8.69. The van der Waals surface area contributed by atoms with Crippen molar-refractivity contribution in [1.29, 1.82) is 0 Å². The van der Waals surface area contributed by atoms with E-state index in [2.05, 4.69) is 29.8 Å². The van der Waals surface area contributed by atoms with Crippen LogP contribution < -0.4 is 5.32 Å². The van der Waals surface area contributed by atoms with Crippen LogP contribution in [0.2, 0.25) is 0 Å². The Labute approximate surface area is 118 Å². The number of piperidine rings is 1. The Morgan fingerprint density at radius 1 is 1.56 bits per heavy atom. The molecule has 1 saturated heterocycles. The standard InChI is InChI=1S/C13H20N2OS2/c1-2-15-5-3-10(4-6-15)8-14-13(16)12-7-11(17)9-18-12/h7,9-10,17H,2-6,8H2,1H3,(H,14,16). The van der Waals surface area contributed by atoms with E-state index in [0.717, 1.165) is 36.0 Å². The largest absolute Gasteiger partial charge is 0.351 e. The molecule has 0 saturated carbocycles. The van der Waals surface area contributed by atoms with Crippen LogP contribution in [-0.2, 0) is 0 Å². The zero-order chi connectivity index (χ0) is 13.0. The van der Waals surface area contributed by atoms with Crippen LogP contribution in [0.3, 0.4) is 0 Å². The van der Waals surface area contributed by atoms with Crippen LogP contribution in [0.4, 0.5) is 0 Å². The zero-order valence-electron chi connectivity index (χ0n) is 10.7. The van der Waals surface area contributed by atoms with Crippen molar-refractivity contribution in [2.75, 3.05) is 26.2 Å². The van der Waals surface area contributed by atoms with Gasteiger partial charge in [-0.05, 0) is 44.5 Å². The van der Waals surface area contributed by atoms with Crippen LogP contribution in [0.5, 0.6) is 0 Å². The highest BCUT2D eigenvalue weighted by molar-refractivity contribution is 7.80. The maximum atomic E-state index is 11.9. The van der Waals surface area contributed by atoms with Gasteiger partial charge < -0.3 is 10.2 Å². The average molecular weight is 284 g/mol. The van der Waals surface area contributed by atoms with E-state index in [1.165, 1.54) is 24.2 Å². The predicted molar refractivity (Wildman–Crippen MR) is 78.7 cm³/mol. The Balaban J connectivity index is 1.74. The van der Waals surface area contributed by atoms with Crippen LogP contribution in [0.1, 0.15) is 29.4 Å². The molecule has 100 valence electrons. The first-order valence-electron chi connectivity index (χ1n) is 6.47. The van der Waals surface area contributed by atoms with E-state index in [0.29, 0.717) is 5.92 Å². The van der Waals surface area contributed by atoms with Crippen LogP contribution in [0.15, 0.2) is 16.3 Å². The molecule has 0 aliphatic carbocycles. The fourth-order valence-corrected chi connectivity index (χ4v) is 3.34. The highest BCUT2D eigenvalue weighted by atomic mass is 32.1. The number of hydrogen-bond donors (Lipinski definition) is 2. The third-order valence-electron chi connectivity index (χ3n) is 3.52. The van der Waals surface area contributed by atoms with Gasteiger partial charge >= 0.3 is 0 Å². The molecule has 18 heavy (non-hydrogen) atoms. The highest BCUT2D eigenvalue weighted by Crippen LogP contribution is 2.19. The van der Waals surface area contributed by atoms with E-state index in [1.807, 2.05) is 11.4 Å². The summed E-state index contributed by atoms with van der Waals surface area (Å²) in [7, 11) is 0. The minimum Gasteiger partial charge on any atom is -0.351 e. The van der Waals surface area contributed by atoms with Gasteiger partial charge in [0.2, 0.25) is 0 Å². The molecule has 1 fully saturated rings. The van der Waals surface area contributed by atoms with Crippen molar-refractivity contribution in [2.24, 2.45) is 5.92 Å². The molecule has 0 atom stereocenters. The van der Waals surface area contributed by atoms with Gasteiger partial charge in [0.25, 0.3) is 5.91 Å². The molecule has 2 heterocycles. The lowest BCUT2D eigenvalue weighted by Crippen LogP contribution is -2.38. The van der Waals surface area contributed by atoms with E-state index in [9.17, 15) is 4.79 Å². The van der Waals surface area contributed by atoms with E-state index in [1.54, 1.807) is 0 Å². The van der Waals surface area contributed by atoms with Crippen molar-refractivity contribution in [1.82, 2.24) is 10.2 Å². The van der Waals surface area contributed by atoms with Gasteiger partial charge in [0.05, 0.1) is 4.88 Å². The van der Waals surface area contributed by atoms with Crippen LogP contribution in [0.25, 0.3) is 0 Å². The molecule has 0 radical (unpaired) electrons. The third kappa shape index (κ3) is 3.73. The van der Waals surface area contributed by atoms with Crippen molar-refractivity contribution in [2.45, 2.75) is 24.7 Å². The Hall–Kier alpha value is -0.520. The van der Waals surface area contributed by atoms with Gasteiger partial charge in [0, 0.05) is 16.8 Å². The second kappa shape index (κ2) is 6.59. The molecule has 1 aliphatic heterocycles. The van der Waals surface area contributed by atoms with Gasteiger partial charge in [-0.25, -0.2) is 0 Å². The maximum absolute atomic E-state index is 11.9. The summed E-state index contributed by atoms with van der Waals surface area (Å²) in [6.07, 6.45) is 2.38. The van der Waals surface area contributed by atoms with E-state index in [4.69, 9.17) is 0 Å². The number of amides is 1. The summed E-state index contributed by atoms with van der Waals surface area (Å²) in [6.45, 7) is 6.47. The smallest absolute Gasteiger partial charge is 0.261 e. The second-order valence-electron chi connectivity index (χ2n) is 4.76. The molecule has 1 N–H and O–H groups in total.